The summed E-state index contributed by atoms with van der Waals surface area (Å²) in [6.07, 6.45) is 0. The number of rotatable bonds is 4. The van der Waals surface area contributed by atoms with Gasteiger partial charge in [0, 0.05) is 16.3 Å². The number of nitrogens with one attached hydrogen (secondary N) is 1. The molecule has 0 aliphatic carbocycles. The summed E-state index contributed by atoms with van der Waals surface area (Å²) >= 11 is 5.94. The van der Waals surface area contributed by atoms with Gasteiger partial charge in [-0.1, -0.05) is 11.6 Å². The van der Waals surface area contributed by atoms with Crippen LogP contribution in [0.4, 0.5) is 5.69 Å². The molecule has 2 amide bonds. The number of hydrogen-bond donors (Lipinski definition) is 2. The van der Waals surface area contributed by atoms with Crippen LogP contribution in [0.25, 0.3) is 5.69 Å². The summed E-state index contributed by atoms with van der Waals surface area (Å²) in [7, 11) is 0. The quantitative estimate of drug-likeness (QED) is 0.738. The van der Waals surface area contributed by atoms with Gasteiger partial charge >= 0.3 is 0 Å². The van der Waals surface area contributed by atoms with E-state index >= 15 is 0 Å². The lowest BCUT2D eigenvalue weighted by atomic mass is 10.1. The van der Waals surface area contributed by atoms with Crippen molar-refractivity contribution in [3.63, 3.8) is 0 Å². The number of nitrogens with zero attached hydrogens (tertiary/aromatic N) is 2. The summed E-state index contributed by atoms with van der Waals surface area (Å²) in [6, 6.07) is 13.5. The SMILES string of the molecule is Cc1cc(C)n(-c2ccc(C(=O)Nc3cc(Cl)ccc3C(N)=O)cc2)n1. The Bertz CT molecular complexity index is 993. The number of carbonyl (C=O) groups is 2. The van der Waals surface area contributed by atoms with Gasteiger partial charge in [-0.2, -0.15) is 5.10 Å². The Balaban J connectivity index is 1.84. The highest BCUT2D eigenvalue weighted by molar-refractivity contribution is 6.31. The molecule has 26 heavy (non-hydrogen) atoms. The molecule has 7 heteroatoms. The first-order chi connectivity index (χ1) is 12.3. The number of amides is 2. The van der Waals surface area contributed by atoms with Gasteiger partial charge in [0.05, 0.1) is 22.6 Å². The van der Waals surface area contributed by atoms with Crippen molar-refractivity contribution in [2.24, 2.45) is 5.73 Å². The molecule has 3 N–H and O–H groups in total. The molecule has 0 radical (unpaired) electrons. The summed E-state index contributed by atoms with van der Waals surface area (Å²) in [4.78, 5) is 24.0. The molecular weight excluding hydrogens is 352 g/mol. The molecule has 0 saturated heterocycles. The van der Waals surface area contributed by atoms with Gasteiger partial charge in [0.15, 0.2) is 0 Å². The van der Waals surface area contributed by atoms with Gasteiger partial charge in [0.2, 0.25) is 0 Å². The van der Waals surface area contributed by atoms with Crippen LogP contribution in [0.5, 0.6) is 0 Å². The molecule has 0 aliphatic heterocycles. The minimum absolute atomic E-state index is 0.196. The highest BCUT2D eigenvalue weighted by Gasteiger charge is 2.13. The van der Waals surface area contributed by atoms with Crippen molar-refractivity contribution < 1.29 is 9.59 Å². The normalized spacial score (nSPS) is 10.6. The third-order valence-electron chi connectivity index (χ3n) is 3.88. The lowest BCUT2D eigenvalue weighted by molar-refractivity contribution is 0.100. The number of aryl methyl sites for hydroxylation is 2. The van der Waals surface area contributed by atoms with Crippen LogP contribution in [0.1, 0.15) is 32.1 Å². The van der Waals surface area contributed by atoms with Crippen LogP contribution in [-0.2, 0) is 0 Å². The van der Waals surface area contributed by atoms with Crippen LogP contribution in [0.3, 0.4) is 0 Å². The van der Waals surface area contributed by atoms with Gasteiger partial charge in [0.25, 0.3) is 11.8 Å². The maximum atomic E-state index is 12.5. The summed E-state index contributed by atoms with van der Waals surface area (Å²) in [5.74, 6) is -1.01. The fraction of sp³-hybridized carbons (Fsp3) is 0.105. The van der Waals surface area contributed by atoms with Gasteiger partial charge in [-0.15, -0.1) is 0 Å². The average molecular weight is 369 g/mol. The summed E-state index contributed by atoms with van der Waals surface area (Å²) in [5.41, 5.74) is 9.02. The van der Waals surface area contributed by atoms with E-state index in [-0.39, 0.29) is 17.2 Å². The number of benzene rings is 2. The second-order valence-electron chi connectivity index (χ2n) is 5.89. The van der Waals surface area contributed by atoms with Gasteiger partial charge in [-0.05, 0) is 62.4 Å². The van der Waals surface area contributed by atoms with Crippen molar-refractivity contribution >= 4 is 29.1 Å². The van der Waals surface area contributed by atoms with Gasteiger partial charge in [-0.3, -0.25) is 9.59 Å². The lowest BCUT2D eigenvalue weighted by Gasteiger charge is -2.10. The number of primary amides is 1. The summed E-state index contributed by atoms with van der Waals surface area (Å²) < 4.78 is 1.80. The third-order valence-corrected chi connectivity index (χ3v) is 4.11. The van der Waals surface area contributed by atoms with Crippen LogP contribution < -0.4 is 11.1 Å². The second kappa shape index (κ2) is 7.01. The standard InChI is InChI=1S/C19H17ClN4O2/c1-11-9-12(2)24(23-11)15-6-3-13(4-7-15)19(26)22-17-10-14(20)5-8-16(17)18(21)25/h3-10H,1-2H3,(H2,21,25)(H,22,26). The van der Waals surface area contributed by atoms with Crippen molar-refractivity contribution in [3.8, 4) is 5.69 Å². The van der Waals surface area contributed by atoms with E-state index in [4.69, 9.17) is 17.3 Å². The molecule has 0 unspecified atom stereocenters. The predicted molar refractivity (Wildman–Crippen MR) is 101 cm³/mol. The minimum atomic E-state index is -0.642. The van der Waals surface area contributed by atoms with Crippen molar-refractivity contribution in [1.82, 2.24) is 9.78 Å². The van der Waals surface area contributed by atoms with Crippen LogP contribution in [0.15, 0.2) is 48.5 Å². The molecule has 0 bridgehead atoms. The summed E-state index contributed by atoms with van der Waals surface area (Å²) in [6.45, 7) is 3.89. The molecule has 132 valence electrons. The first-order valence-electron chi connectivity index (χ1n) is 7.89. The van der Waals surface area contributed by atoms with Crippen molar-refractivity contribution in [2.45, 2.75) is 13.8 Å². The highest BCUT2D eigenvalue weighted by atomic mass is 35.5. The molecule has 0 fully saturated rings. The van der Waals surface area contributed by atoms with E-state index < -0.39 is 5.91 Å². The third kappa shape index (κ3) is 3.60. The Hall–Kier alpha value is -3.12. The number of anilines is 1. The van der Waals surface area contributed by atoms with E-state index in [1.165, 1.54) is 12.1 Å². The van der Waals surface area contributed by atoms with Crippen molar-refractivity contribution in [1.29, 1.82) is 0 Å². The maximum absolute atomic E-state index is 12.5. The zero-order chi connectivity index (χ0) is 18.8. The Kier molecular flexibility index (Phi) is 4.77. The van der Waals surface area contributed by atoms with Crippen LogP contribution in [0, 0.1) is 13.8 Å². The van der Waals surface area contributed by atoms with Gasteiger partial charge in [-0.25, -0.2) is 4.68 Å². The van der Waals surface area contributed by atoms with E-state index in [1.54, 1.807) is 35.0 Å². The maximum Gasteiger partial charge on any atom is 0.255 e. The molecule has 1 aromatic heterocycles. The van der Waals surface area contributed by atoms with Gasteiger partial charge in [0.1, 0.15) is 0 Å². The number of hydrogen-bond acceptors (Lipinski definition) is 3. The summed E-state index contributed by atoms with van der Waals surface area (Å²) in [5, 5.41) is 7.48. The largest absolute Gasteiger partial charge is 0.366 e. The molecule has 0 saturated carbocycles. The monoisotopic (exact) mass is 368 g/mol. The highest BCUT2D eigenvalue weighted by Crippen LogP contribution is 2.22. The Morgan fingerprint density at radius 3 is 2.35 bits per heavy atom. The Morgan fingerprint density at radius 2 is 1.77 bits per heavy atom. The zero-order valence-corrected chi connectivity index (χ0v) is 15.0. The molecule has 0 aliphatic rings. The van der Waals surface area contributed by atoms with E-state index in [9.17, 15) is 9.59 Å². The number of halogens is 1. The van der Waals surface area contributed by atoms with E-state index in [2.05, 4.69) is 10.4 Å². The predicted octanol–water partition coefficient (Wildman–Crippen LogP) is 3.49. The van der Waals surface area contributed by atoms with Crippen molar-refractivity contribution in [3.05, 3.63) is 76.1 Å². The fourth-order valence-corrected chi connectivity index (χ4v) is 2.85. The number of carbonyl (C=O) groups excluding carboxylic acids is 2. The van der Waals surface area contributed by atoms with E-state index in [0.29, 0.717) is 10.6 Å². The smallest absolute Gasteiger partial charge is 0.255 e. The fourth-order valence-electron chi connectivity index (χ4n) is 2.67. The lowest BCUT2D eigenvalue weighted by Crippen LogP contribution is -2.18. The molecule has 1 heterocycles. The molecule has 3 aromatic rings. The van der Waals surface area contributed by atoms with Crippen molar-refractivity contribution in [2.75, 3.05) is 5.32 Å². The van der Waals surface area contributed by atoms with Crippen LogP contribution in [-0.4, -0.2) is 21.6 Å². The topological polar surface area (TPSA) is 90.0 Å². The molecule has 2 aromatic carbocycles. The molecule has 0 spiro atoms. The number of aromatic nitrogens is 2. The minimum Gasteiger partial charge on any atom is -0.366 e. The average Bonchev–Trinajstić information content (AvgIpc) is 2.93. The molecular formula is C19H17ClN4O2. The second-order valence-corrected chi connectivity index (χ2v) is 6.33. The zero-order valence-electron chi connectivity index (χ0n) is 14.3. The molecule has 3 rings (SSSR count). The first kappa shape index (κ1) is 17.7. The van der Waals surface area contributed by atoms with Crippen LogP contribution in [0.2, 0.25) is 5.02 Å². The number of nitrogens with two attached hydrogens (primary N) is 1. The molecule has 0 atom stereocenters. The van der Waals surface area contributed by atoms with Gasteiger partial charge < -0.3 is 11.1 Å². The van der Waals surface area contributed by atoms with E-state index in [1.807, 2.05) is 19.9 Å². The molecule has 6 nitrogen and oxygen atoms in total. The van der Waals surface area contributed by atoms with E-state index in [0.717, 1.165) is 17.1 Å². The van der Waals surface area contributed by atoms with Crippen LogP contribution >= 0.6 is 11.6 Å². The first-order valence-corrected chi connectivity index (χ1v) is 8.27. The Labute approximate surface area is 155 Å². The Morgan fingerprint density at radius 1 is 1.08 bits per heavy atom.